The van der Waals surface area contributed by atoms with Gasteiger partial charge in [0, 0.05) is 17.2 Å². The summed E-state index contributed by atoms with van der Waals surface area (Å²) in [5.74, 6) is 0. The van der Waals surface area contributed by atoms with Crippen molar-refractivity contribution in [1.82, 2.24) is 10.4 Å². The van der Waals surface area contributed by atoms with Crippen LogP contribution in [0, 0.1) is 0 Å². The molecular formula is C13H12BrN5S. The Morgan fingerprint density at radius 2 is 2.20 bits per heavy atom. The second kappa shape index (κ2) is 6.15. The third-order valence-electron chi connectivity index (χ3n) is 2.75. The van der Waals surface area contributed by atoms with E-state index in [0.717, 1.165) is 16.4 Å². The van der Waals surface area contributed by atoms with Crippen molar-refractivity contribution in [3.8, 4) is 11.3 Å². The highest BCUT2D eigenvalue weighted by Crippen LogP contribution is 2.24. The number of halogens is 1. The van der Waals surface area contributed by atoms with E-state index in [9.17, 15) is 0 Å². The van der Waals surface area contributed by atoms with Crippen LogP contribution in [0.2, 0.25) is 0 Å². The van der Waals surface area contributed by atoms with E-state index in [1.165, 1.54) is 11.3 Å². The summed E-state index contributed by atoms with van der Waals surface area (Å²) in [6, 6.07) is 10.1. The summed E-state index contributed by atoms with van der Waals surface area (Å²) < 4.78 is 0. The van der Waals surface area contributed by atoms with Crippen LogP contribution in [0.15, 0.2) is 45.9 Å². The van der Waals surface area contributed by atoms with Gasteiger partial charge in [-0.15, -0.1) is 11.3 Å². The van der Waals surface area contributed by atoms with Crippen molar-refractivity contribution in [2.45, 2.75) is 10.9 Å². The van der Waals surface area contributed by atoms with Gasteiger partial charge in [-0.1, -0.05) is 46.3 Å². The van der Waals surface area contributed by atoms with Crippen molar-refractivity contribution in [3.05, 3.63) is 35.7 Å². The fraction of sp³-hybridized carbons (Fsp3) is 0.154. The summed E-state index contributed by atoms with van der Waals surface area (Å²) in [6.45, 7) is 0. The molecule has 0 radical (unpaired) electrons. The largest absolute Gasteiger partial charge is 0.300 e. The maximum absolute atomic E-state index is 4.49. The van der Waals surface area contributed by atoms with E-state index in [4.69, 9.17) is 0 Å². The fourth-order valence-corrected chi connectivity index (χ4v) is 2.76. The van der Waals surface area contributed by atoms with Gasteiger partial charge in [0.1, 0.15) is 0 Å². The summed E-state index contributed by atoms with van der Waals surface area (Å²) >= 11 is 5.01. The molecule has 0 fully saturated rings. The lowest BCUT2D eigenvalue weighted by Crippen LogP contribution is -2.29. The van der Waals surface area contributed by atoms with Crippen molar-refractivity contribution in [3.63, 3.8) is 0 Å². The Balaban J connectivity index is 1.62. The Kier molecular flexibility index (Phi) is 4.08. The highest BCUT2D eigenvalue weighted by molar-refractivity contribution is 9.10. The maximum Gasteiger partial charge on any atom is 0.203 e. The van der Waals surface area contributed by atoms with Gasteiger partial charge in [0.2, 0.25) is 5.13 Å². The minimum atomic E-state index is 0.0658. The standard InChI is InChI=1S/C13H12BrN5S/c14-10-6-15-18-11(10)7-16-19-13-17-12(8-20-13)9-4-2-1-3-5-9/h1-8,10-11,18H,(H,17,19)/b16-7+. The lowest BCUT2D eigenvalue weighted by molar-refractivity contribution is 0.742. The predicted molar refractivity (Wildman–Crippen MR) is 87.8 cm³/mol. The van der Waals surface area contributed by atoms with Gasteiger partial charge < -0.3 is 5.43 Å². The van der Waals surface area contributed by atoms with E-state index in [1.54, 1.807) is 12.4 Å². The van der Waals surface area contributed by atoms with Crippen molar-refractivity contribution in [2.24, 2.45) is 10.2 Å². The molecule has 2 heterocycles. The normalized spacial score (nSPS) is 21.2. The molecule has 1 aromatic carbocycles. The van der Waals surface area contributed by atoms with Gasteiger partial charge >= 0.3 is 0 Å². The molecule has 2 aromatic rings. The average molecular weight is 350 g/mol. The van der Waals surface area contributed by atoms with E-state index in [0.29, 0.717) is 0 Å². The number of aromatic nitrogens is 1. The van der Waals surface area contributed by atoms with Crippen molar-refractivity contribution < 1.29 is 0 Å². The van der Waals surface area contributed by atoms with Crippen LogP contribution in [0.4, 0.5) is 5.13 Å². The van der Waals surface area contributed by atoms with Crippen LogP contribution in [0.5, 0.6) is 0 Å². The Hall–Kier alpha value is -1.73. The third kappa shape index (κ3) is 3.05. The number of hydrazone groups is 2. The van der Waals surface area contributed by atoms with E-state index >= 15 is 0 Å². The summed E-state index contributed by atoms with van der Waals surface area (Å²) in [5.41, 5.74) is 7.94. The highest BCUT2D eigenvalue weighted by atomic mass is 79.9. The molecule has 3 rings (SSSR count). The zero-order valence-electron chi connectivity index (χ0n) is 10.4. The quantitative estimate of drug-likeness (QED) is 0.506. The first-order chi connectivity index (χ1) is 9.83. The van der Waals surface area contributed by atoms with E-state index in [2.05, 4.69) is 42.0 Å². The third-order valence-corrected chi connectivity index (χ3v) is 4.31. The van der Waals surface area contributed by atoms with Crippen molar-refractivity contribution in [1.29, 1.82) is 0 Å². The van der Waals surface area contributed by atoms with Gasteiger partial charge in [0.15, 0.2) is 0 Å². The second-order valence-corrected chi connectivity index (χ2v) is 6.09. The Morgan fingerprint density at radius 1 is 1.35 bits per heavy atom. The summed E-state index contributed by atoms with van der Waals surface area (Å²) in [7, 11) is 0. The molecule has 5 nitrogen and oxygen atoms in total. The molecule has 20 heavy (non-hydrogen) atoms. The molecule has 0 saturated carbocycles. The van der Waals surface area contributed by atoms with E-state index in [1.807, 2.05) is 35.7 Å². The predicted octanol–water partition coefficient (Wildman–Crippen LogP) is 2.93. The van der Waals surface area contributed by atoms with Gasteiger partial charge in [-0.25, -0.2) is 4.98 Å². The number of benzene rings is 1. The lowest BCUT2D eigenvalue weighted by atomic mass is 10.2. The molecule has 0 aliphatic carbocycles. The molecule has 2 N–H and O–H groups in total. The van der Waals surface area contributed by atoms with Crippen LogP contribution in [0.25, 0.3) is 11.3 Å². The summed E-state index contributed by atoms with van der Waals surface area (Å²) in [5, 5.41) is 10.9. The topological polar surface area (TPSA) is 61.7 Å². The molecule has 1 aromatic heterocycles. The molecule has 0 spiro atoms. The summed E-state index contributed by atoms with van der Waals surface area (Å²) in [6.07, 6.45) is 3.57. The zero-order chi connectivity index (χ0) is 13.8. The van der Waals surface area contributed by atoms with Crippen LogP contribution in [0.3, 0.4) is 0 Å². The average Bonchev–Trinajstić information content (AvgIpc) is 3.10. The first kappa shape index (κ1) is 13.3. The van der Waals surface area contributed by atoms with Crippen LogP contribution in [-0.2, 0) is 0 Å². The number of anilines is 1. The molecule has 1 aliphatic heterocycles. The summed E-state index contributed by atoms with van der Waals surface area (Å²) in [4.78, 5) is 4.66. The molecular weight excluding hydrogens is 338 g/mol. The molecule has 2 unspecified atom stereocenters. The number of hydrogen-bond acceptors (Lipinski definition) is 6. The van der Waals surface area contributed by atoms with Gasteiger partial charge in [-0.2, -0.15) is 10.2 Å². The molecule has 0 amide bonds. The Labute approximate surface area is 129 Å². The minimum absolute atomic E-state index is 0.0658. The van der Waals surface area contributed by atoms with Crippen LogP contribution in [0.1, 0.15) is 0 Å². The van der Waals surface area contributed by atoms with E-state index < -0.39 is 0 Å². The molecule has 7 heteroatoms. The van der Waals surface area contributed by atoms with Gasteiger partial charge in [0.25, 0.3) is 0 Å². The van der Waals surface area contributed by atoms with Crippen molar-refractivity contribution >= 4 is 44.8 Å². The number of nitrogens with zero attached hydrogens (tertiary/aromatic N) is 3. The van der Waals surface area contributed by atoms with Crippen LogP contribution < -0.4 is 10.9 Å². The molecule has 2 atom stereocenters. The number of rotatable bonds is 4. The lowest BCUT2D eigenvalue weighted by Gasteiger charge is -2.05. The highest BCUT2D eigenvalue weighted by Gasteiger charge is 2.18. The number of hydrogen-bond donors (Lipinski definition) is 2. The molecule has 1 aliphatic rings. The Bertz CT molecular complexity index is 625. The molecule has 0 bridgehead atoms. The van der Waals surface area contributed by atoms with Gasteiger partial charge in [0.05, 0.1) is 22.8 Å². The number of thiazole rings is 1. The SMILES string of the molecule is BrC1C=NNC1/C=N/Nc1nc(-c2ccccc2)cs1. The monoisotopic (exact) mass is 349 g/mol. The smallest absolute Gasteiger partial charge is 0.203 e. The molecule has 102 valence electrons. The first-order valence-corrected chi connectivity index (χ1v) is 7.85. The van der Waals surface area contributed by atoms with Crippen LogP contribution in [-0.4, -0.2) is 28.3 Å². The minimum Gasteiger partial charge on any atom is -0.300 e. The number of alkyl halides is 1. The Morgan fingerprint density at radius 3 is 2.95 bits per heavy atom. The van der Waals surface area contributed by atoms with Crippen molar-refractivity contribution in [2.75, 3.05) is 5.43 Å². The van der Waals surface area contributed by atoms with Crippen LogP contribution >= 0.6 is 27.3 Å². The maximum atomic E-state index is 4.49. The zero-order valence-corrected chi connectivity index (χ0v) is 12.8. The second-order valence-electron chi connectivity index (χ2n) is 4.17. The van der Waals surface area contributed by atoms with E-state index in [-0.39, 0.29) is 10.9 Å². The number of nitrogens with one attached hydrogen (secondary N) is 2. The fourth-order valence-electron chi connectivity index (χ4n) is 1.72. The van der Waals surface area contributed by atoms with Gasteiger partial charge in [-0.3, -0.25) is 5.43 Å². The van der Waals surface area contributed by atoms with Gasteiger partial charge in [-0.05, 0) is 0 Å². The molecule has 0 saturated heterocycles. The first-order valence-electron chi connectivity index (χ1n) is 6.06.